The molecule has 1 aliphatic carbocycles. The second-order valence-electron chi connectivity index (χ2n) is 13.1. The van der Waals surface area contributed by atoms with Crippen LogP contribution >= 0.6 is 0 Å². The van der Waals surface area contributed by atoms with Crippen molar-refractivity contribution in [1.29, 1.82) is 0 Å². The number of hydrogen-bond donors (Lipinski definition) is 0. The van der Waals surface area contributed by atoms with Crippen LogP contribution in [0.2, 0.25) is 0 Å². The third-order valence-corrected chi connectivity index (χ3v) is 10.8. The van der Waals surface area contributed by atoms with Gasteiger partial charge in [0.1, 0.15) is 22.7 Å². The van der Waals surface area contributed by atoms with E-state index in [-0.39, 0.29) is 0 Å². The highest BCUT2D eigenvalue weighted by molar-refractivity contribution is 6.23. The molecule has 2 aliphatic rings. The first kappa shape index (κ1) is 26.7. The van der Waals surface area contributed by atoms with Crippen LogP contribution in [0.4, 0.5) is 0 Å². The quantitative estimate of drug-likeness (QED) is 0.191. The molecule has 2 heteroatoms. The highest BCUT2D eigenvalue weighted by Gasteiger charge is 2.50. The molecular formula is C47H28O2. The van der Waals surface area contributed by atoms with Crippen LogP contribution < -0.4 is 4.74 Å². The summed E-state index contributed by atoms with van der Waals surface area (Å²) in [6.45, 7) is 0. The molecule has 0 fully saturated rings. The zero-order chi connectivity index (χ0) is 32.1. The van der Waals surface area contributed by atoms with Crippen molar-refractivity contribution in [2.75, 3.05) is 0 Å². The van der Waals surface area contributed by atoms with Gasteiger partial charge in [-0.3, -0.25) is 0 Å². The van der Waals surface area contributed by atoms with Crippen molar-refractivity contribution in [3.8, 4) is 44.9 Å². The van der Waals surface area contributed by atoms with Gasteiger partial charge in [-0.25, -0.2) is 0 Å². The minimum absolute atomic E-state index is 0.474. The fourth-order valence-corrected chi connectivity index (χ4v) is 8.81. The first-order valence-corrected chi connectivity index (χ1v) is 16.8. The molecule has 0 saturated heterocycles. The first-order valence-electron chi connectivity index (χ1n) is 16.8. The zero-order valence-electron chi connectivity index (χ0n) is 26.5. The molecular weight excluding hydrogens is 597 g/mol. The Labute approximate surface area is 283 Å². The molecule has 1 aliphatic heterocycles. The lowest BCUT2D eigenvalue weighted by molar-refractivity contribution is 0.436. The van der Waals surface area contributed by atoms with Crippen LogP contribution in [0, 0.1) is 0 Å². The lowest BCUT2D eigenvalue weighted by Crippen LogP contribution is -2.32. The van der Waals surface area contributed by atoms with E-state index >= 15 is 0 Å². The molecule has 0 unspecified atom stereocenters. The summed E-state index contributed by atoms with van der Waals surface area (Å²) >= 11 is 0. The number of furan rings is 1. The van der Waals surface area contributed by atoms with Crippen LogP contribution in [0.15, 0.2) is 174 Å². The number of benzene rings is 8. The highest BCUT2D eigenvalue weighted by atomic mass is 16.5. The first-order chi connectivity index (χ1) is 24.3. The highest BCUT2D eigenvalue weighted by Crippen LogP contribution is 2.62. The summed E-state index contributed by atoms with van der Waals surface area (Å²) in [5.41, 5.74) is 13.4. The third kappa shape index (κ3) is 3.50. The van der Waals surface area contributed by atoms with E-state index in [2.05, 4.69) is 170 Å². The fourth-order valence-electron chi connectivity index (χ4n) is 8.81. The lowest BCUT2D eigenvalue weighted by atomic mass is 9.66. The second-order valence-corrected chi connectivity index (χ2v) is 13.1. The van der Waals surface area contributed by atoms with Crippen molar-refractivity contribution in [3.05, 3.63) is 192 Å². The normalized spacial score (nSPS) is 13.6. The van der Waals surface area contributed by atoms with Gasteiger partial charge in [0.2, 0.25) is 0 Å². The maximum atomic E-state index is 6.85. The standard InChI is InChI=1S/C47H28O2/c1-2-14-32-29(12-1)25-27-43-45(32)46-36(18-11-23-42(46)49-43)33-15-4-3-13-31(33)30-24-26-40-44(28-30)48-41-22-10-9-21-39(41)47(40)37-19-7-5-16-34(37)35-17-6-8-20-38(35)47/h1-28H. The predicted octanol–water partition coefficient (Wildman–Crippen LogP) is 12.5. The molecule has 0 bridgehead atoms. The molecule has 0 radical (unpaired) electrons. The number of fused-ring (bicyclic) bond motifs is 14. The van der Waals surface area contributed by atoms with E-state index in [4.69, 9.17) is 9.15 Å². The summed E-state index contributed by atoms with van der Waals surface area (Å²) in [4.78, 5) is 0. The fraction of sp³-hybridized carbons (Fsp3) is 0.0213. The minimum Gasteiger partial charge on any atom is -0.457 e. The molecule has 1 aromatic heterocycles. The number of ether oxygens (including phenoxy) is 1. The minimum atomic E-state index is -0.474. The maximum Gasteiger partial charge on any atom is 0.136 e. The van der Waals surface area contributed by atoms with Crippen molar-refractivity contribution in [2.24, 2.45) is 0 Å². The summed E-state index contributed by atoms with van der Waals surface area (Å²) in [5, 5.41) is 4.70. The van der Waals surface area contributed by atoms with Crippen LogP contribution in [-0.4, -0.2) is 0 Å². The van der Waals surface area contributed by atoms with Gasteiger partial charge < -0.3 is 9.15 Å². The Morgan fingerprint density at radius 2 is 0.980 bits per heavy atom. The van der Waals surface area contributed by atoms with Crippen LogP contribution in [0.25, 0.3) is 66.1 Å². The van der Waals surface area contributed by atoms with E-state index in [1.165, 1.54) is 44.2 Å². The smallest absolute Gasteiger partial charge is 0.136 e. The van der Waals surface area contributed by atoms with Gasteiger partial charge in [0.15, 0.2) is 0 Å². The van der Waals surface area contributed by atoms with Crippen molar-refractivity contribution < 1.29 is 9.15 Å². The van der Waals surface area contributed by atoms with Crippen LogP contribution in [-0.2, 0) is 5.41 Å². The molecule has 0 atom stereocenters. The van der Waals surface area contributed by atoms with Crippen LogP contribution in [0.5, 0.6) is 11.5 Å². The maximum absolute atomic E-state index is 6.85. The summed E-state index contributed by atoms with van der Waals surface area (Å²) in [6.07, 6.45) is 0. The van der Waals surface area contributed by atoms with Gasteiger partial charge in [-0.15, -0.1) is 0 Å². The van der Waals surface area contributed by atoms with Crippen molar-refractivity contribution in [2.45, 2.75) is 5.41 Å². The predicted molar refractivity (Wildman–Crippen MR) is 199 cm³/mol. The van der Waals surface area contributed by atoms with Crippen molar-refractivity contribution in [1.82, 2.24) is 0 Å². The summed E-state index contributed by atoms with van der Waals surface area (Å²) in [5.74, 6) is 1.78. The van der Waals surface area contributed by atoms with E-state index in [1.54, 1.807) is 0 Å². The van der Waals surface area contributed by atoms with E-state index in [9.17, 15) is 0 Å². The zero-order valence-corrected chi connectivity index (χ0v) is 26.5. The molecule has 49 heavy (non-hydrogen) atoms. The van der Waals surface area contributed by atoms with Gasteiger partial charge in [0, 0.05) is 21.9 Å². The van der Waals surface area contributed by atoms with Gasteiger partial charge in [-0.1, -0.05) is 146 Å². The van der Waals surface area contributed by atoms with Gasteiger partial charge in [0.05, 0.1) is 5.41 Å². The molecule has 0 N–H and O–H groups in total. The number of hydrogen-bond acceptors (Lipinski definition) is 2. The second kappa shape index (κ2) is 9.82. The number of para-hydroxylation sites is 1. The monoisotopic (exact) mass is 624 g/mol. The molecule has 228 valence electrons. The SMILES string of the molecule is c1ccc2c(c1)Oc1cc(-c3ccccc3-c3cccc4oc5ccc6ccccc6c5c34)ccc1C21c2ccccc2-c2ccccc21. The molecule has 9 aromatic rings. The topological polar surface area (TPSA) is 22.4 Å². The van der Waals surface area contributed by atoms with E-state index < -0.39 is 5.41 Å². The van der Waals surface area contributed by atoms with Gasteiger partial charge in [-0.05, 0) is 79.5 Å². The van der Waals surface area contributed by atoms with Gasteiger partial charge in [-0.2, -0.15) is 0 Å². The Bertz CT molecular complexity index is 2770. The Hall–Kier alpha value is -6.38. The number of rotatable bonds is 2. The molecule has 8 aromatic carbocycles. The molecule has 2 heterocycles. The third-order valence-electron chi connectivity index (χ3n) is 10.8. The van der Waals surface area contributed by atoms with Crippen molar-refractivity contribution >= 4 is 32.7 Å². The molecule has 2 nitrogen and oxygen atoms in total. The van der Waals surface area contributed by atoms with Gasteiger partial charge in [0.25, 0.3) is 0 Å². The van der Waals surface area contributed by atoms with E-state index in [0.717, 1.165) is 55.7 Å². The molecule has 11 rings (SSSR count). The average molecular weight is 625 g/mol. The summed E-state index contributed by atoms with van der Waals surface area (Å²) < 4.78 is 13.3. The summed E-state index contributed by atoms with van der Waals surface area (Å²) in [6, 6.07) is 61.0. The van der Waals surface area contributed by atoms with Crippen molar-refractivity contribution in [3.63, 3.8) is 0 Å². The Kier molecular flexibility index (Phi) is 5.34. The Morgan fingerprint density at radius 3 is 1.80 bits per heavy atom. The van der Waals surface area contributed by atoms with E-state index in [1.807, 2.05) is 0 Å². The largest absolute Gasteiger partial charge is 0.457 e. The average Bonchev–Trinajstić information content (AvgIpc) is 3.70. The molecule has 0 saturated carbocycles. The van der Waals surface area contributed by atoms with E-state index in [0.29, 0.717) is 0 Å². The van der Waals surface area contributed by atoms with Gasteiger partial charge >= 0.3 is 0 Å². The molecule has 1 spiro atoms. The molecule has 0 amide bonds. The summed E-state index contributed by atoms with van der Waals surface area (Å²) in [7, 11) is 0. The van der Waals surface area contributed by atoms with Crippen LogP contribution in [0.1, 0.15) is 22.3 Å². The Morgan fingerprint density at radius 1 is 0.367 bits per heavy atom. The lowest BCUT2D eigenvalue weighted by Gasteiger charge is -2.39. The van der Waals surface area contributed by atoms with Crippen LogP contribution in [0.3, 0.4) is 0 Å². The Balaban J connectivity index is 1.16.